The van der Waals surface area contributed by atoms with Crippen LogP contribution in [0.2, 0.25) is 0 Å². The highest BCUT2D eigenvalue weighted by atomic mass is 14.8. The number of benzene rings is 1. The molecule has 2 heteroatoms. The van der Waals surface area contributed by atoms with Crippen molar-refractivity contribution in [1.82, 2.24) is 0 Å². The lowest BCUT2D eigenvalue weighted by Crippen LogP contribution is -2.18. The molecule has 0 spiro atoms. The Morgan fingerprint density at radius 1 is 1.33 bits per heavy atom. The zero-order valence-corrected chi connectivity index (χ0v) is 12.0. The molecule has 1 aromatic rings. The van der Waals surface area contributed by atoms with Gasteiger partial charge < -0.3 is 5.73 Å². The second-order valence-electron chi connectivity index (χ2n) is 6.28. The third-order valence-corrected chi connectivity index (χ3v) is 3.42. The van der Waals surface area contributed by atoms with Crippen LogP contribution in [-0.4, -0.2) is 11.3 Å². The molecule has 1 aliphatic rings. The second-order valence-corrected chi connectivity index (χ2v) is 6.28. The molecule has 0 fully saturated rings. The first kappa shape index (κ1) is 13.3. The monoisotopic (exact) mass is 244 g/mol. The smallest absolute Gasteiger partial charge is 0.0527 e. The van der Waals surface area contributed by atoms with Crippen LogP contribution in [0.5, 0.6) is 0 Å². The van der Waals surface area contributed by atoms with Gasteiger partial charge in [0.2, 0.25) is 0 Å². The summed E-state index contributed by atoms with van der Waals surface area (Å²) in [7, 11) is 0. The fourth-order valence-corrected chi connectivity index (χ4v) is 2.64. The maximum atomic E-state index is 6.14. The fraction of sp³-hybridized carbons (Fsp3) is 0.562. The number of nitrogens with two attached hydrogens (primary N) is 1. The molecule has 98 valence electrons. The number of rotatable bonds is 1. The van der Waals surface area contributed by atoms with Gasteiger partial charge in [-0.05, 0) is 69.7 Å². The summed E-state index contributed by atoms with van der Waals surface area (Å²) in [6.07, 6.45) is 3.47. The molecule has 0 aromatic heterocycles. The maximum absolute atomic E-state index is 6.14. The van der Waals surface area contributed by atoms with Crippen LogP contribution in [-0.2, 0) is 6.42 Å². The summed E-state index contributed by atoms with van der Waals surface area (Å²) >= 11 is 0. The molecule has 1 unspecified atom stereocenters. The van der Waals surface area contributed by atoms with Crippen molar-refractivity contribution in [1.29, 1.82) is 0 Å². The van der Waals surface area contributed by atoms with Crippen LogP contribution in [0.15, 0.2) is 23.2 Å². The Kier molecular flexibility index (Phi) is 3.58. The van der Waals surface area contributed by atoms with Crippen LogP contribution >= 0.6 is 0 Å². The van der Waals surface area contributed by atoms with Gasteiger partial charge in [-0.2, -0.15) is 0 Å². The molecule has 1 aliphatic carbocycles. The Morgan fingerprint density at radius 2 is 2.06 bits per heavy atom. The first-order valence-corrected chi connectivity index (χ1v) is 6.82. The molecule has 0 heterocycles. The van der Waals surface area contributed by atoms with Crippen molar-refractivity contribution in [3.63, 3.8) is 0 Å². The van der Waals surface area contributed by atoms with Crippen LogP contribution in [0.4, 0.5) is 0 Å². The average molecular weight is 244 g/mol. The first-order valence-electron chi connectivity index (χ1n) is 6.82. The number of fused-ring (bicyclic) bond motifs is 1. The molecule has 0 amide bonds. The van der Waals surface area contributed by atoms with Crippen molar-refractivity contribution >= 4 is 5.71 Å². The van der Waals surface area contributed by atoms with Crippen LogP contribution in [0.25, 0.3) is 0 Å². The lowest BCUT2D eigenvalue weighted by molar-refractivity contribution is 0.570. The summed E-state index contributed by atoms with van der Waals surface area (Å²) < 4.78 is 0. The van der Waals surface area contributed by atoms with Crippen molar-refractivity contribution in [2.75, 3.05) is 0 Å². The van der Waals surface area contributed by atoms with E-state index in [4.69, 9.17) is 10.7 Å². The van der Waals surface area contributed by atoms with Gasteiger partial charge in [0.25, 0.3) is 0 Å². The lowest BCUT2D eigenvalue weighted by Gasteiger charge is -2.23. The summed E-state index contributed by atoms with van der Waals surface area (Å²) in [5.74, 6) is 0. The minimum absolute atomic E-state index is 0.0175. The van der Waals surface area contributed by atoms with Crippen LogP contribution in [0.1, 0.15) is 63.3 Å². The zero-order chi connectivity index (χ0) is 13.3. The minimum atomic E-state index is -0.0175. The van der Waals surface area contributed by atoms with E-state index in [2.05, 4.69) is 45.9 Å². The first-order chi connectivity index (χ1) is 8.37. The molecule has 0 saturated carbocycles. The Hall–Kier alpha value is -1.15. The molecule has 1 atom stereocenters. The number of nitrogens with zero attached hydrogens (tertiary/aromatic N) is 1. The summed E-state index contributed by atoms with van der Waals surface area (Å²) in [4.78, 5) is 4.73. The van der Waals surface area contributed by atoms with E-state index >= 15 is 0 Å². The van der Waals surface area contributed by atoms with Gasteiger partial charge in [0.15, 0.2) is 0 Å². The van der Waals surface area contributed by atoms with Crippen molar-refractivity contribution in [2.24, 2.45) is 10.7 Å². The third-order valence-electron chi connectivity index (χ3n) is 3.42. The van der Waals surface area contributed by atoms with Gasteiger partial charge >= 0.3 is 0 Å². The highest BCUT2D eigenvalue weighted by Crippen LogP contribution is 2.28. The average Bonchev–Trinajstić information content (AvgIpc) is 2.26. The summed E-state index contributed by atoms with van der Waals surface area (Å²) in [5.41, 5.74) is 11.2. The Balaban J connectivity index is 2.34. The zero-order valence-electron chi connectivity index (χ0n) is 12.0. The van der Waals surface area contributed by atoms with Crippen molar-refractivity contribution < 1.29 is 0 Å². The second kappa shape index (κ2) is 4.85. The van der Waals surface area contributed by atoms with E-state index in [0.717, 1.165) is 18.6 Å². The van der Waals surface area contributed by atoms with Gasteiger partial charge in [0.1, 0.15) is 0 Å². The number of hydrogen-bond donors (Lipinski definition) is 1. The summed E-state index contributed by atoms with van der Waals surface area (Å²) in [5, 5.41) is 0. The molecular weight excluding hydrogens is 220 g/mol. The highest BCUT2D eigenvalue weighted by Gasteiger charge is 2.17. The van der Waals surface area contributed by atoms with Gasteiger partial charge in [-0.3, -0.25) is 4.99 Å². The van der Waals surface area contributed by atoms with Gasteiger partial charge in [-0.15, -0.1) is 0 Å². The molecular formula is C16H24N2. The van der Waals surface area contributed by atoms with Crippen molar-refractivity contribution in [3.05, 3.63) is 34.9 Å². The lowest BCUT2D eigenvalue weighted by atomic mass is 9.86. The van der Waals surface area contributed by atoms with Crippen molar-refractivity contribution in [3.8, 4) is 0 Å². The molecule has 2 N–H and O–H groups in total. The molecule has 18 heavy (non-hydrogen) atoms. The van der Waals surface area contributed by atoms with Crippen molar-refractivity contribution in [2.45, 2.75) is 58.5 Å². The standard InChI is InChI=1S/C16H24N2/c1-11(18-16(2,3)4)12-8-9-14-13(10-12)6-5-7-15(14)17/h8-10,15H,5-7,17H2,1-4H3. The summed E-state index contributed by atoms with van der Waals surface area (Å²) in [6, 6.07) is 6.85. The van der Waals surface area contributed by atoms with E-state index < -0.39 is 0 Å². The van der Waals surface area contributed by atoms with Gasteiger partial charge in [0, 0.05) is 11.8 Å². The van der Waals surface area contributed by atoms with E-state index in [0.29, 0.717) is 0 Å². The fourth-order valence-electron chi connectivity index (χ4n) is 2.64. The van der Waals surface area contributed by atoms with Gasteiger partial charge in [-0.1, -0.05) is 12.1 Å². The Morgan fingerprint density at radius 3 is 2.72 bits per heavy atom. The number of hydrogen-bond acceptors (Lipinski definition) is 2. The van der Waals surface area contributed by atoms with E-state index in [1.807, 2.05) is 0 Å². The summed E-state index contributed by atoms with van der Waals surface area (Å²) in [6.45, 7) is 8.48. The van der Waals surface area contributed by atoms with Gasteiger partial charge in [0.05, 0.1) is 5.54 Å². The highest BCUT2D eigenvalue weighted by molar-refractivity contribution is 5.99. The predicted octanol–water partition coefficient (Wildman–Crippen LogP) is 3.63. The minimum Gasteiger partial charge on any atom is -0.324 e. The Bertz CT molecular complexity index is 466. The maximum Gasteiger partial charge on any atom is 0.0527 e. The molecule has 2 rings (SSSR count). The molecule has 2 nitrogen and oxygen atoms in total. The quantitative estimate of drug-likeness (QED) is 0.753. The molecule has 0 radical (unpaired) electrons. The largest absolute Gasteiger partial charge is 0.324 e. The predicted molar refractivity (Wildman–Crippen MR) is 78.3 cm³/mol. The topological polar surface area (TPSA) is 38.4 Å². The molecule has 1 aromatic carbocycles. The third kappa shape index (κ3) is 2.99. The molecule has 0 saturated heterocycles. The van der Waals surface area contributed by atoms with E-state index in [9.17, 15) is 0 Å². The van der Waals surface area contributed by atoms with Crippen LogP contribution < -0.4 is 5.73 Å². The number of aryl methyl sites for hydroxylation is 1. The van der Waals surface area contributed by atoms with Gasteiger partial charge in [-0.25, -0.2) is 0 Å². The number of aliphatic imine (C=N–C) groups is 1. The van der Waals surface area contributed by atoms with E-state index in [1.165, 1.54) is 23.1 Å². The van der Waals surface area contributed by atoms with E-state index in [1.54, 1.807) is 0 Å². The SMILES string of the molecule is CC(=NC(C)(C)C)c1ccc2c(c1)CCCC2N. The molecule has 0 aliphatic heterocycles. The van der Waals surface area contributed by atoms with Crippen LogP contribution in [0.3, 0.4) is 0 Å². The Labute approximate surface area is 110 Å². The normalized spacial score (nSPS) is 20.7. The molecule has 0 bridgehead atoms. The van der Waals surface area contributed by atoms with E-state index in [-0.39, 0.29) is 11.6 Å². The van der Waals surface area contributed by atoms with Crippen LogP contribution in [0, 0.1) is 0 Å².